The van der Waals surface area contributed by atoms with Gasteiger partial charge in [-0.1, -0.05) is 24.9 Å². The Labute approximate surface area is 192 Å². The highest BCUT2D eigenvalue weighted by atomic mass is 35.5. The van der Waals surface area contributed by atoms with E-state index in [2.05, 4.69) is 0 Å². The molecule has 7 nitrogen and oxygen atoms in total. The quantitative estimate of drug-likeness (QED) is 0.242. The van der Waals surface area contributed by atoms with Gasteiger partial charge in [0.05, 0.1) is 19.7 Å². The number of hydrogen-bond acceptors (Lipinski definition) is 6. The van der Waals surface area contributed by atoms with E-state index in [0.717, 1.165) is 43.6 Å². The number of hydroxylamine groups is 2. The molecule has 10 heteroatoms. The third-order valence-corrected chi connectivity index (χ3v) is 7.41. The topological polar surface area (TPSA) is 69.5 Å². The van der Waals surface area contributed by atoms with Crippen molar-refractivity contribution in [2.45, 2.75) is 51.6 Å². The number of rotatable bonds is 10. The molecule has 3 unspecified atom stereocenters. The van der Waals surface area contributed by atoms with Gasteiger partial charge in [0.25, 0.3) is 5.82 Å². The maximum Gasteiger partial charge on any atom is 0.269 e. The molecule has 0 aromatic heterocycles. The van der Waals surface area contributed by atoms with E-state index in [0.29, 0.717) is 37.0 Å². The van der Waals surface area contributed by atoms with Crippen LogP contribution in [0.15, 0.2) is 35.8 Å². The van der Waals surface area contributed by atoms with Crippen molar-refractivity contribution in [2.75, 3.05) is 26.7 Å². The molecule has 0 spiro atoms. The lowest BCUT2D eigenvalue weighted by molar-refractivity contribution is -0.844. The first-order valence-electron chi connectivity index (χ1n) is 10.5. The minimum Gasteiger partial charge on any atom is -0.626 e. The molecule has 0 amide bonds. The molecule has 0 radical (unpaired) electrons. The number of ether oxygens (including phenoxy) is 1. The number of unbranched alkanes of at least 4 members (excludes halogenated alkanes) is 3. The molecule has 30 heavy (non-hydrogen) atoms. The summed E-state index contributed by atoms with van der Waals surface area (Å²) in [6, 6.07) is 7.35. The number of benzene rings is 1. The van der Waals surface area contributed by atoms with Gasteiger partial charge in [0.1, 0.15) is 11.4 Å². The Hall–Kier alpha value is -0.870. The summed E-state index contributed by atoms with van der Waals surface area (Å²) < 4.78 is 23.6. The Morgan fingerprint density at radius 2 is 1.90 bits per heavy atom. The van der Waals surface area contributed by atoms with Gasteiger partial charge in [-0.15, -0.1) is 8.61 Å². The Balaban J connectivity index is 1.46. The van der Waals surface area contributed by atoms with E-state index in [4.69, 9.17) is 28.1 Å². The third-order valence-electron chi connectivity index (χ3n) is 5.32. The number of nitrogens with zero attached hydrogens (tertiary/aromatic N) is 3. The largest absolute Gasteiger partial charge is 0.626 e. The van der Waals surface area contributed by atoms with Crippen molar-refractivity contribution < 1.29 is 14.4 Å². The highest BCUT2D eigenvalue weighted by molar-refractivity contribution is 7.86. The molecule has 0 saturated carbocycles. The Morgan fingerprint density at radius 3 is 2.60 bits per heavy atom. The van der Waals surface area contributed by atoms with Crippen molar-refractivity contribution in [2.24, 2.45) is 0 Å². The van der Waals surface area contributed by atoms with E-state index in [1.165, 1.54) is 0 Å². The highest BCUT2D eigenvalue weighted by Gasteiger charge is 2.49. The fourth-order valence-electron chi connectivity index (χ4n) is 3.75. The van der Waals surface area contributed by atoms with Crippen molar-refractivity contribution in [3.05, 3.63) is 46.0 Å². The lowest BCUT2D eigenvalue weighted by Gasteiger charge is -2.35. The molecule has 3 rings (SSSR count). The Morgan fingerprint density at radius 1 is 1.20 bits per heavy atom. The van der Waals surface area contributed by atoms with E-state index in [9.17, 15) is 9.76 Å². The molecule has 2 heterocycles. The minimum atomic E-state index is -1.36. The first-order chi connectivity index (χ1) is 14.4. The molecule has 0 bridgehead atoms. The summed E-state index contributed by atoms with van der Waals surface area (Å²) in [6.07, 6.45) is 4.99. The van der Waals surface area contributed by atoms with Crippen LogP contribution in [0.1, 0.15) is 45.4 Å². The second-order valence-corrected chi connectivity index (χ2v) is 9.94. The van der Waals surface area contributed by atoms with Crippen LogP contribution in [0.25, 0.3) is 0 Å². The fraction of sp³-hybridized carbons (Fsp3) is 0.600. The predicted octanol–water partition coefficient (Wildman–Crippen LogP) is 3.25. The van der Waals surface area contributed by atoms with Crippen LogP contribution in [-0.4, -0.2) is 50.5 Å². The summed E-state index contributed by atoms with van der Waals surface area (Å²) in [6.45, 7) is 3.68. The van der Waals surface area contributed by atoms with Crippen molar-refractivity contribution in [1.82, 2.24) is 13.0 Å². The van der Waals surface area contributed by atoms with E-state index in [1.54, 1.807) is 20.1 Å². The van der Waals surface area contributed by atoms with Gasteiger partial charge in [-0.3, -0.25) is 5.06 Å². The monoisotopic (exact) mass is 476 g/mol. The second-order valence-electron chi connectivity index (χ2n) is 7.61. The number of quaternary nitrogens is 1. The Bertz CT molecular complexity index is 725. The maximum atomic E-state index is 12.9. The average Bonchev–Trinajstić information content (AvgIpc) is 2.96. The zero-order valence-electron chi connectivity index (χ0n) is 17.5. The van der Waals surface area contributed by atoms with Crippen LogP contribution in [0.4, 0.5) is 0 Å². The van der Waals surface area contributed by atoms with Gasteiger partial charge in [-0.25, -0.2) is 4.42 Å². The van der Waals surface area contributed by atoms with Crippen LogP contribution >= 0.6 is 23.4 Å². The maximum absolute atomic E-state index is 12.9. The van der Waals surface area contributed by atoms with Crippen LogP contribution in [0.5, 0.6) is 5.75 Å². The zero-order valence-corrected chi connectivity index (χ0v) is 19.8. The smallest absolute Gasteiger partial charge is 0.269 e. The van der Waals surface area contributed by atoms with Crippen LogP contribution in [0, 0.1) is 5.21 Å². The molecule has 0 saturated heterocycles. The predicted molar refractivity (Wildman–Crippen MR) is 121 cm³/mol. The van der Waals surface area contributed by atoms with Gasteiger partial charge in [0, 0.05) is 30.3 Å². The number of halogens is 2. The normalized spacial score (nSPS) is 24.5. The molecule has 3 atom stereocenters. The molecular formula is C20H30Cl2N4O3S. The van der Waals surface area contributed by atoms with Crippen molar-refractivity contribution in [3.63, 3.8) is 0 Å². The van der Waals surface area contributed by atoms with E-state index >= 15 is 0 Å². The van der Waals surface area contributed by atoms with Gasteiger partial charge in [-0.05, 0) is 49.9 Å². The van der Waals surface area contributed by atoms with Crippen LogP contribution in [0.3, 0.4) is 0 Å². The molecule has 0 aliphatic carbocycles. The lowest BCUT2D eigenvalue weighted by atomic mass is 10.2. The molecule has 1 aromatic carbocycles. The summed E-state index contributed by atoms with van der Waals surface area (Å²) in [4.78, 5) is 0. The fourth-order valence-corrected chi connectivity index (χ4v) is 5.41. The van der Waals surface area contributed by atoms with Crippen molar-refractivity contribution in [1.29, 1.82) is 0 Å². The van der Waals surface area contributed by atoms with E-state index in [1.807, 2.05) is 31.2 Å². The van der Waals surface area contributed by atoms with Crippen molar-refractivity contribution >= 4 is 34.9 Å². The van der Waals surface area contributed by atoms with E-state index in [-0.39, 0.29) is 11.2 Å². The summed E-state index contributed by atoms with van der Waals surface area (Å²) in [7, 11) is 1.79. The number of likely N-dealkylation sites (N-methyl/N-ethyl adjacent to an activating group) is 1. The van der Waals surface area contributed by atoms with Gasteiger partial charge >= 0.3 is 0 Å². The molecule has 168 valence electrons. The summed E-state index contributed by atoms with van der Waals surface area (Å²) in [5.74, 6) is 1.36. The molecule has 1 aromatic rings. The van der Waals surface area contributed by atoms with E-state index < -0.39 is 11.5 Å². The van der Waals surface area contributed by atoms with Gasteiger partial charge in [-0.2, -0.15) is 0 Å². The molecule has 2 aliphatic heterocycles. The average molecular weight is 477 g/mol. The second kappa shape index (κ2) is 11.1. The Kier molecular flexibility index (Phi) is 8.82. The van der Waals surface area contributed by atoms with Gasteiger partial charge < -0.3 is 14.5 Å². The van der Waals surface area contributed by atoms with Gasteiger partial charge in [0.2, 0.25) is 0 Å². The summed E-state index contributed by atoms with van der Waals surface area (Å²) >= 11 is 11.0. The molecular weight excluding hydrogens is 447 g/mol. The number of nitrogens with one attached hydrogen (secondary N) is 1. The molecule has 0 fully saturated rings. The SMILES string of the molecule is CCCC1N(Cl)C2=C(N(CCCCCCOc3ccc(Cl)cc3)[S+]([O-])N(C)C2)[NH+]1[O-]. The van der Waals surface area contributed by atoms with Crippen molar-refractivity contribution in [3.8, 4) is 5.75 Å². The highest BCUT2D eigenvalue weighted by Crippen LogP contribution is 2.31. The lowest BCUT2D eigenvalue weighted by Crippen LogP contribution is -3.10. The first kappa shape index (κ1) is 23.8. The standard InChI is InChI=1S/C20H30Cl2N4O3S/c1-3-8-19-25(22)18-15-23(2)30(28)24(20(18)26(19)27)13-6-4-5-7-14-29-17-11-9-16(21)10-12-17/h9-12,19,26H,3-8,13-15H2,1-2H3. The third kappa shape index (κ3) is 5.48. The van der Waals surface area contributed by atoms with Gasteiger partial charge in [0.15, 0.2) is 17.7 Å². The van der Waals surface area contributed by atoms with Crippen LogP contribution < -0.4 is 9.80 Å². The molecule has 1 N–H and O–H groups in total. The summed E-state index contributed by atoms with van der Waals surface area (Å²) in [5.41, 5.74) is 0.776. The first-order valence-corrected chi connectivity index (χ1v) is 12.2. The van der Waals surface area contributed by atoms with Crippen LogP contribution in [0.2, 0.25) is 5.02 Å². The van der Waals surface area contributed by atoms with Crippen LogP contribution in [-0.2, 0) is 11.5 Å². The minimum absolute atomic E-state index is 0.000311. The zero-order chi connectivity index (χ0) is 21.7. The number of hydrogen-bond donors (Lipinski definition) is 1. The molecule has 2 aliphatic rings. The summed E-state index contributed by atoms with van der Waals surface area (Å²) in [5, 5.41) is 13.6.